The van der Waals surface area contributed by atoms with Crippen molar-refractivity contribution in [2.75, 3.05) is 13.7 Å². The van der Waals surface area contributed by atoms with Crippen LogP contribution in [0.25, 0.3) is 0 Å². The number of rotatable bonds is 5. The van der Waals surface area contributed by atoms with Gasteiger partial charge in [-0.2, -0.15) is 0 Å². The van der Waals surface area contributed by atoms with Crippen LogP contribution in [0.4, 0.5) is 0 Å². The van der Waals surface area contributed by atoms with Crippen LogP contribution in [0.3, 0.4) is 0 Å². The van der Waals surface area contributed by atoms with Crippen LogP contribution < -0.4 is 5.32 Å². The third kappa shape index (κ3) is 3.48. The fourth-order valence-electron chi connectivity index (χ4n) is 2.89. The van der Waals surface area contributed by atoms with Crippen LogP contribution in [-0.2, 0) is 4.74 Å². The van der Waals surface area contributed by atoms with Crippen LogP contribution in [0.5, 0.6) is 0 Å². The van der Waals surface area contributed by atoms with E-state index in [1.165, 1.54) is 18.5 Å². The summed E-state index contributed by atoms with van der Waals surface area (Å²) in [7, 11) is 1.79. The molecule has 1 rings (SSSR count). The molecule has 1 heterocycles. The van der Waals surface area contributed by atoms with Gasteiger partial charge >= 0.3 is 0 Å². The molecule has 0 aromatic heterocycles. The van der Waals surface area contributed by atoms with Gasteiger partial charge in [0, 0.05) is 12.8 Å². The van der Waals surface area contributed by atoms with E-state index < -0.39 is 0 Å². The third-order valence-electron chi connectivity index (χ3n) is 4.27. The van der Waals surface area contributed by atoms with Gasteiger partial charge in [-0.05, 0) is 43.1 Å². The van der Waals surface area contributed by atoms with Crippen LogP contribution in [0.1, 0.15) is 47.5 Å². The second kappa shape index (κ2) is 6.44. The largest absolute Gasteiger partial charge is 0.383 e. The van der Waals surface area contributed by atoms with Crippen molar-refractivity contribution >= 4 is 0 Å². The van der Waals surface area contributed by atoms with Gasteiger partial charge in [-0.15, -0.1) is 0 Å². The Kier molecular flexibility index (Phi) is 5.51. The smallest absolute Gasteiger partial charge is 0.0666 e. The zero-order valence-electron chi connectivity index (χ0n) is 12.3. The lowest BCUT2D eigenvalue weighted by Crippen LogP contribution is -2.45. The van der Waals surface area contributed by atoms with Gasteiger partial charge in [0.15, 0.2) is 0 Å². The van der Waals surface area contributed by atoms with E-state index >= 15 is 0 Å². The number of ether oxygens (including phenoxy) is 1. The van der Waals surface area contributed by atoms with Crippen molar-refractivity contribution in [2.24, 2.45) is 17.8 Å². The highest BCUT2D eigenvalue weighted by atomic mass is 16.5. The number of allylic oxidation sites excluding steroid dienone is 2. The lowest BCUT2D eigenvalue weighted by molar-refractivity contribution is 0.121. The molecule has 0 saturated heterocycles. The van der Waals surface area contributed by atoms with Gasteiger partial charge in [-0.25, -0.2) is 0 Å². The normalized spacial score (nSPS) is 27.2. The standard InChI is InChI=1S/C15H29NO/c1-7-11(4)14-8-13(10(2)3)15(9-17-6)16-12(14)5/h10-11,13,15-16H,7-9H2,1-6H3/t11-,13?,15-/m0/s1. The summed E-state index contributed by atoms with van der Waals surface area (Å²) in [5.41, 5.74) is 3.01. The summed E-state index contributed by atoms with van der Waals surface area (Å²) in [5.74, 6) is 2.10. The van der Waals surface area contributed by atoms with Gasteiger partial charge in [0.2, 0.25) is 0 Å². The molecule has 1 unspecified atom stereocenters. The van der Waals surface area contributed by atoms with Gasteiger partial charge in [-0.3, -0.25) is 0 Å². The Balaban J connectivity index is 2.86. The van der Waals surface area contributed by atoms with Crippen molar-refractivity contribution in [2.45, 2.75) is 53.5 Å². The molecule has 3 atom stereocenters. The molecule has 0 spiro atoms. The quantitative estimate of drug-likeness (QED) is 0.791. The molecule has 0 amide bonds. The van der Waals surface area contributed by atoms with Gasteiger partial charge < -0.3 is 10.1 Å². The molecule has 0 fully saturated rings. The first-order valence-electron chi connectivity index (χ1n) is 6.96. The van der Waals surface area contributed by atoms with E-state index in [1.54, 1.807) is 12.7 Å². The first-order chi connectivity index (χ1) is 8.01. The van der Waals surface area contributed by atoms with Crippen LogP contribution >= 0.6 is 0 Å². The van der Waals surface area contributed by atoms with E-state index in [4.69, 9.17) is 4.74 Å². The molecule has 0 aromatic rings. The van der Waals surface area contributed by atoms with Crippen molar-refractivity contribution < 1.29 is 4.74 Å². The second-order valence-electron chi connectivity index (χ2n) is 5.78. The van der Waals surface area contributed by atoms with Gasteiger partial charge in [-0.1, -0.05) is 27.7 Å². The summed E-state index contributed by atoms with van der Waals surface area (Å²) >= 11 is 0. The second-order valence-corrected chi connectivity index (χ2v) is 5.78. The minimum atomic E-state index is 0.479. The molecule has 1 N–H and O–H groups in total. The maximum atomic E-state index is 5.35. The molecular formula is C15H29NO. The molecule has 100 valence electrons. The summed E-state index contributed by atoms with van der Waals surface area (Å²) < 4.78 is 5.35. The molecule has 0 aromatic carbocycles. The topological polar surface area (TPSA) is 21.3 Å². The average Bonchev–Trinajstić information content (AvgIpc) is 2.28. The maximum Gasteiger partial charge on any atom is 0.0666 e. The summed E-state index contributed by atoms with van der Waals surface area (Å²) in [6.45, 7) is 12.3. The Morgan fingerprint density at radius 3 is 2.47 bits per heavy atom. The molecule has 2 heteroatoms. The molecular weight excluding hydrogens is 210 g/mol. The van der Waals surface area contributed by atoms with Crippen molar-refractivity contribution in [1.82, 2.24) is 5.32 Å². The Bertz CT molecular complexity index is 270. The van der Waals surface area contributed by atoms with E-state index in [9.17, 15) is 0 Å². The Hall–Kier alpha value is -0.500. The first kappa shape index (κ1) is 14.6. The number of hydrogen-bond donors (Lipinski definition) is 1. The van der Waals surface area contributed by atoms with Crippen molar-refractivity contribution in [3.8, 4) is 0 Å². The molecule has 17 heavy (non-hydrogen) atoms. The summed E-state index contributed by atoms with van der Waals surface area (Å²) in [5, 5.41) is 3.67. The molecule has 2 nitrogen and oxygen atoms in total. The number of nitrogens with one attached hydrogen (secondary N) is 1. The van der Waals surface area contributed by atoms with E-state index in [0.717, 1.165) is 6.61 Å². The summed E-state index contributed by atoms with van der Waals surface area (Å²) in [6, 6.07) is 0.479. The maximum absolute atomic E-state index is 5.35. The molecule has 0 bridgehead atoms. The van der Waals surface area contributed by atoms with E-state index in [-0.39, 0.29) is 0 Å². The van der Waals surface area contributed by atoms with E-state index in [2.05, 4.69) is 39.9 Å². The Labute approximate surface area is 107 Å². The van der Waals surface area contributed by atoms with Crippen LogP contribution in [-0.4, -0.2) is 19.8 Å². The number of hydrogen-bond acceptors (Lipinski definition) is 2. The molecule has 1 aliphatic rings. The molecule has 1 aliphatic heterocycles. The fourth-order valence-corrected chi connectivity index (χ4v) is 2.89. The lowest BCUT2D eigenvalue weighted by Gasteiger charge is -2.39. The van der Waals surface area contributed by atoms with E-state index in [1.807, 2.05) is 0 Å². The van der Waals surface area contributed by atoms with E-state index in [0.29, 0.717) is 23.8 Å². The molecule has 0 aliphatic carbocycles. The summed E-state index contributed by atoms with van der Waals surface area (Å²) in [4.78, 5) is 0. The highest BCUT2D eigenvalue weighted by molar-refractivity contribution is 5.19. The highest BCUT2D eigenvalue weighted by Gasteiger charge is 2.31. The number of methoxy groups -OCH3 is 1. The third-order valence-corrected chi connectivity index (χ3v) is 4.27. The lowest BCUT2D eigenvalue weighted by atomic mass is 9.77. The van der Waals surface area contributed by atoms with Gasteiger partial charge in [0.05, 0.1) is 12.6 Å². The fraction of sp³-hybridized carbons (Fsp3) is 0.867. The minimum absolute atomic E-state index is 0.479. The predicted molar refractivity (Wildman–Crippen MR) is 73.9 cm³/mol. The average molecular weight is 239 g/mol. The van der Waals surface area contributed by atoms with Crippen molar-refractivity contribution in [3.05, 3.63) is 11.3 Å². The molecule has 0 saturated carbocycles. The van der Waals surface area contributed by atoms with Crippen LogP contribution in [0, 0.1) is 17.8 Å². The van der Waals surface area contributed by atoms with Crippen molar-refractivity contribution in [3.63, 3.8) is 0 Å². The monoisotopic (exact) mass is 239 g/mol. The summed E-state index contributed by atoms with van der Waals surface area (Å²) in [6.07, 6.45) is 2.47. The Morgan fingerprint density at radius 2 is 2.00 bits per heavy atom. The predicted octanol–water partition coefficient (Wildman–Crippen LogP) is 3.59. The van der Waals surface area contributed by atoms with Gasteiger partial charge in [0.1, 0.15) is 0 Å². The minimum Gasteiger partial charge on any atom is -0.383 e. The zero-order chi connectivity index (χ0) is 13.0. The SMILES string of the molecule is CC[C@H](C)C1=C(C)N[C@@H](COC)C(C(C)C)C1. The van der Waals surface area contributed by atoms with Gasteiger partial charge in [0.25, 0.3) is 0 Å². The van der Waals surface area contributed by atoms with Crippen molar-refractivity contribution in [1.29, 1.82) is 0 Å². The first-order valence-corrected chi connectivity index (χ1v) is 6.96. The molecule has 0 radical (unpaired) electrons. The zero-order valence-corrected chi connectivity index (χ0v) is 12.3. The Morgan fingerprint density at radius 1 is 1.35 bits per heavy atom. The van der Waals surface area contributed by atoms with Crippen LogP contribution in [0.15, 0.2) is 11.3 Å². The highest BCUT2D eigenvalue weighted by Crippen LogP contribution is 2.34. The van der Waals surface area contributed by atoms with Crippen LogP contribution in [0.2, 0.25) is 0 Å².